The Balaban J connectivity index is 4.28. The zero-order chi connectivity index (χ0) is 11.1. The van der Waals surface area contributed by atoms with Crippen molar-refractivity contribution in [1.82, 2.24) is 5.32 Å². The molecule has 0 aliphatic rings. The van der Waals surface area contributed by atoms with Crippen LogP contribution in [0, 0.1) is 0 Å². The fraction of sp³-hybridized carbons (Fsp3) is 0.800. The molecule has 4 heteroatoms. The van der Waals surface area contributed by atoms with Crippen LogP contribution in [-0.4, -0.2) is 31.1 Å². The van der Waals surface area contributed by atoms with Crippen LogP contribution in [0.5, 0.6) is 0 Å². The van der Waals surface area contributed by atoms with Gasteiger partial charge in [-0.3, -0.25) is 4.99 Å². The molecule has 0 amide bonds. The molecule has 4 nitrogen and oxygen atoms in total. The van der Waals surface area contributed by atoms with Gasteiger partial charge in [0.1, 0.15) is 0 Å². The SMILES string of the molecule is CN=C(N=C(C)OC(C)C)NC(C)C. The third kappa shape index (κ3) is 6.46. The van der Waals surface area contributed by atoms with Gasteiger partial charge in [-0.05, 0) is 27.7 Å². The Morgan fingerprint density at radius 2 is 1.79 bits per heavy atom. The molecule has 0 bridgehead atoms. The van der Waals surface area contributed by atoms with Crippen molar-refractivity contribution in [3.63, 3.8) is 0 Å². The minimum atomic E-state index is 0.149. The maximum atomic E-state index is 5.39. The van der Waals surface area contributed by atoms with Crippen molar-refractivity contribution in [1.29, 1.82) is 0 Å². The largest absolute Gasteiger partial charge is 0.478 e. The molecule has 82 valence electrons. The highest BCUT2D eigenvalue weighted by Crippen LogP contribution is 1.92. The summed E-state index contributed by atoms with van der Waals surface area (Å²) in [6.45, 7) is 9.85. The van der Waals surface area contributed by atoms with Gasteiger partial charge >= 0.3 is 0 Å². The molecule has 0 unspecified atom stereocenters. The monoisotopic (exact) mass is 199 g/mol. The summed E-state index contributed by atoms with van der Waals surface area (Å²) in [5.74, 6) is 1.24. The number of nitrogens with one attached hydrogen (secondary N) is 1. The van der Waals surface area contributed by atoms with Gasteiger partial charge in [0.2, 0.25) is 5.96 Å². The molecule has 0 atom stereocenters. The van der Waals surface area contributed by atoms with E-state index in [-0.39, 0.29) is 6.10 Å². The smallest absolute Gasteiger partial charge is 0.220 e. The third-order valence-corrected chi connectivity index (χ3v) is 1.30. The normalized spacial score (nSPS) is 13.7. The van der Waals surface area contributed by atoms with E-state index in [1.807, 2.05) is 34.6 Å². The summed E-state index contributed by atoms with van der Waals surface area (Å²) < 4.78 is 5.39. The van der Waals surface area contributed by atoms with Crippen LogP contribution in [0.1, 0.15) is 34.6 Å². The Hall–Kier alpha value is -1.06. The van der Waals surface area contributed by atoms with E-state index in [1.54, 1.807) is 7.05 Å². The van der Waals surface area contributed by atoms with E-state index in [0.717, 1.165) is 0 Å². The molecule has 0 saturated carbocycles. The molecule has 1 N–H and O–H groups in total. The van der Waals surface area contributed by atoms with E-state index in [2.05, 4.69) is 15.3 Å². The van der Waals surface area contributed by atoms with E-state index in [0.29, 0.717) is 17.9 Å². The second kappa shape index (κ2) is 6.40. The van der Waals surface area contributed by atoms with Crippen LogP contribution < -0.4 is 5.32 Å². The molecular formula is C10H21N3O. The van der Waals surface area contributed by atoms with Gasteiger partial charge in [-0.2, -0.15) is 4.99 Å². The highest BCUT2D eigenvalue weighted by atomic mass is 16.5. The van der Waals surface area contributed by atoms with Gasteiger partial charge in [-0.25, -0.2) is 0 Å². The zero-order valence-electron chi connectivity index (χ0n) is 9.96. The Morgan fingerprint density at radius 3 is 2.14 bits per heavy atom. The molecular weight excluding hydrogens is 178 g/mol. The fourth-order valence-corrected chi connectivity index (χ4v) is 0.922. The Bertz CT molecular complexity index is 219. The van der Waals surface area contributed by atoms with Gasteiger partial charge in [0, 0.05) is 20.0 Å². The van der Waals surface area contributed by atoms with Crippen LogP contribution in [0.3, 0.4) is 0 Å². The molecule has 0 aromatic heterocycles. The summed E-state index contributed by atoms with van der Waals surface area (Å²) in [6, 6.07) is 0.323. The van der Waals surface area contributed by atoms with Gasteiger partial charge in [0.25, 0.3) is 0 Å². The van der Waals surface area contributed by atoms with Crippen LogP contribution in [0.4, 0.5) is 0 Å². The quantitative estimate of drug-likeness (QED) is 0.544. The topological polar surface area (TPSA) is 46.0 Å². The summed E-state index contributed by atoms with van der Waals surface area (Å²) in [4.78, 5) is 8.22. The average Bonchev–Trinajstić information content (AvgIpc) is 2.00. The average molecular weight is 199 g/mol. The molecule has 0 aromatic carbocycles. The molecule has 0 radical (unpaired) electrons. The number of ether oxygens (including phenoxy) is 1. The molecule has 0 rings (SSSR count). The number of nitrogens with zero attached hydrogens (tertiary/aromatic N) is 2. The van der Waals surface area contributed by atoms with Crippen molar-refractivity contribution in [3.8, 4) is 0 Å². The van der Waals surface area contributed by atoms with E-state index in [9.17, 15) is 0 Å². The lowest BCUT2D eigenvalue weighted by atomic mass is 10.4. The third-order valence-electron chi connectivity index (χ3n) is 1.30. The first-order valence-corrected chi connectivity index (χ1v) is 4.91. The van der Waals surface area contributed by atoms with Gasteiger partial charge in [-0.15, -0.1) is 0 Å². The van der Waals surface area contributed by atoms with Crippen LogP contribution >= 0.6 is 0 Å². The van der Waals surface area contributed by atoms with E-state index >= 15 is 0 Å². The van der Waals surface area contributed by atoms with Crippen molar-refractivity contribution in [2.75, 3.05) is 7.05 Å². The van der Waals surface area contributed by atoms with Crippen molar-refractivity contribution in [2.24, 2.45) is 9.98 Å². The van der Waals surface area contributed by atoms with Crippen LogP contribution in [0.25, 0.3) is 0 Å². The predicted octanol–water partition coefficient (Wildman–Crippen LogP) is 1.81. The first-order valence-electron chi connectivity index (χ1n) is 4.91. The zero-order valence-corrected chi connectivity index (χ0v) is 9.96. The molecule has 0 aliphatic carbocycles. The van der Waals surface area contributed by atoms with E-state index in [4.69, 9.17) is 4.74 Å². The standard InChI is InChI=1S/C10H21N3O/c1-7(2)12-10(11-6)13-9(5)14-8(3)4/h7-8H,1-6H3,(H,11,12). The maximum absolute atomic E-state index is 5.39. The van der Waals surface area contributed by atoms with E-state index in [1.165, 1.54) is 0 Å². The summed E-state index contributed by atoms with van der Waals surface area (Å²) in [7, 11) is 1.71. The molecule has 0 fully saturated rings. The lowest BCUT2D eigenvalue weighted by Crippen LogP contribution is -2.29. The number of rotatable bonds is 2. The van der Waals surface area contributed by atoms with Crippen molar-refractivity contribution in [2.45, 2.75) is 46.8 Å². The molecule has 0 spiro atoms. The first kappa shape index (κ1) is 12.9. The lowest BCUT2D eigenvalue weighted by Gasteiger charge is -2.11. The van der Waals surface area contributed by atoms with Crippen LogP contribution in [-0.2, 0) is 4.74 Å². The Kier molecular flexibility index (Phi) is 5.92. The molecule has 14 heavy (non-hydrogen) atoms. The lowest BCUT2D eigenvalue weighted by molar-refractivity contribution is 0.227. The van der Waals surface area contributed by atoms with Gasteiger partial charge in [-0.1, -0.05) is 0 Å². The molecule has 0 aromatic rings. The fourth-order valence-electron chi connectivity index (χ4n) is 0.922. The Morgan fingerprint density at radius 1 is 1.21 bits per heavy atom. The number of hydrogen-bond acceptors (Lipinski definition) is 2. The van der Waals surface area contributed by atoms with E-state index < -0.39 is 0 Å². The van der Waals surface area contributed by atoms with Gasteiger partial charge in [0.15, 0.2) is 5.90 Å². The minimum absolute atomic E-state index is 0.149. The van der Waals surface area contributed by atoms with Crippen molar-refractivity contribution in [3.05, 3.63) is 0 Å². The summed E-state index contributed by atoms with van der Waals surface area (Å²) in [6.07, 6.45) is 0.149. The molecule has 0 aliphatic heterocycles. The minimum Gasteiger partial charge on any atom is -0.478 e. The maximum Gasteiger partial charge on any atom is 0.220 e. The summed E-state index contributed by atoms with van der Waals surface area (Å²) in [5, 5.41) is 3.12. The first-order chi connectivity index (χ1) is 6.45. The van der Waals surface area contributed by atoms with Gasteiger partial charge < -0.3 is 10.1 Å². The molecule has 0 saturated heterocycles. The van der Waals surface area contributed by atoms with Crippen LogP contribution in [0.2, 0.25) is 0 Å². The number of aliphatic imine (C=N–C) groups is 2. The van der Waals surface area contributed by atoms with Crippen LogP contribution in [0.15, 0.2) is 9.98 Å². The van der Waals surface area contributed by atoms with Gasteiger partial charge in [0.05, 0.1) is 6.10 Å². The highest BCUT2D eigenvalue weighted by Gasteiger charge is 2.01. The van der Waals surface area contributed by atoms with Crippen molar-refractivity contribution < 1.29 is 4.74 Å². The number of hydrogen-bond donors (Lipinski definition) is 1. The highest BCUT2D eigenvalue weighted by molar-refractivity contribution is 5.92. The van der Waals surface area contributed by atoms with Crippen molar-refractivity contribution >= 4 is 11.9 Å². The Labute approximate surface area is 86.5 Å². The predicted molar refractivity (Wildman–Crippen MR) is 61.0 cm³/mol. The summed E-state index contributed by atoms with van der Waals surface area (Å²) in [5.41, 5.74) is 0. The second-order valence-corrected chi connectivity index (χ2v) is 3.64. The molecule has 0 heterocycles. The summed E-state index contributed by atoms with van der Waals surface area (Å²) >= 11 is 0. The second-order valence-electron chi connectivity index (χ2n) is 3.64. The number of guanidine groups is 1.